The molecule has 0 aliphatic heterocycles. The lowest BCUT2D eigenvalue weighted by atomic mass is 9.91. The molecule has 0 aliphatic rings. The van der Waals surface area contributed by atoms with E-state index in [-0.39, 0.29) is 11.6 Å². The number of hydrogen-bond donors (Lipinski definition) is 3. The van der Waals surface area contributed by atoms with Crippen molar-refractivity contribution in [2.24, 2.45) is 5.73 Å². The second kappa shape index (κ2) is 5.97. The highest BCUT2D eigenvalue weighted by atomic mass is 16.3. The summed E-state index contributed by atoms with van der Waals surface area (Å²) in [5.41, 5.74) is 10.5. The minimum absolute atomic E-state index is 0.0597. The molecule has 0 saturated heterocycles. The molecule has 0 atom stereocenters. The monoisotopic (exact) mass is 302 g/mol. The molecule has 0 amide bonds. The molecule has 114 valence electrons. The first-order valence-electron chi connectivity index (χ1n) is 7.41. The zero-order chi connectivity index (χ0) is 16.4. The fraction of sp³-hybridized carbons (Fsp3) is 0.0500. The van der Waals surface area contributed by atoms with Crippen LogP contribution >= 0.6 is 0 Å². The van der Waals surface area contributed by atoms with Crippen molar-refractivity contribution in [2.45, 2.75) is 6.92 Å². The summed E-state index contributed by atoms with van der Waals surface area (Å²) < 4.78 is 0. The van der Waals surface area contributed by atoms with Crippen molar-refractivity contribution in [3.63, 3.8) is 0 Å². The summed E-state index contributed by atoms with van der Waals surface area (Å²) in [6, 6.07) is 21.1. The zero-order valence-electron chi connectivity index (χ0n) is 12.9. The first kappa shape index (κ1) is 14.9. The van der Waals surface area contributed by atoms with Gasteiger partial charge in [-0.3, -0.25) is 5.41 Å². The van der Waals surface area contributed by atoms with E-state index in [1.54, 1.807) is 6.07 Å². The number of nitrogens with one attached hydrogen (secondary N) is 1. The molecule has 0 aliphatic carbocycles. The summed E-state index contributed by atoms with van der Waals surface area (Å²) in [6.07, 6.45) is 0. The SMILES string of the molecule is Cc1ccccc1-c1ccc(C(=N)N)c(-c2ccccc2)c1O. The quantitative estimate of drug-likeness (QED) is 0.498. The molecule has 3 heteroatoms. The fourth-order valence-corrected chi connectivity index (χ4v) is 2.81. The highest BCUT2D eigenvalue weighted by Crippen LogP contribution is 2.41. The number of aryl methyl sites for hydroxylation is 1. The van der Waals surface area contributed by atoms with Gasteiger partial charge >= 0.3 is 0 Å². The van der Waals surface area contributed by atoms with Gasteiger partial charge in [-0.05, 0) is 35.7 Å². The highest BCUT2D eigenvalue weighted by molar-refractivity contribution is 6.04. The maximum absolute atomic E-state index is 10.9. The second-order valence-corrected chi connectivity index (χ2v) is 5.48. The lowest BCUT2D eigenvalue weighted by molar-refractivity contribution is 0.479. The van der Waals surface area contributed by atoms with Crippen LogP contribution in [0.4, 0.5) is 0 Å². The smallest absolute Gasteiger partial charge is 0.131 e. The van der Waals surface area contributed by atoms with E-state index in [1.165, 1.54) is 0 Å². The first-order chi connectivity index (χ1) is 11.1. The molecule has 0 radical (unpaired) electrons. The Bertz CT molecular complexity index is 870. The van der Waals surface area contributed by atoms with Crippen molar-refractivity contribution in [3.05, 3.63) is 77.9 Å². The molecule has 3 aromatic rings. The van der Waals surface area contributed by atoms with Crippen LogP contribution in [0.25, 0.3) is 22.3 Å². The predicted molar refractivity (Wildman–Crippen MR) is 94.7 cm³/mol. The highest BCUT2D eigenvalue weighted by Gasteiger charge is 2.17. The van der Waals surface area contributed by atoms with E-state index in [0.717, 1.165) is 22.3 Å². The third-order valence-corrected chi connectivity index (χ3v) is 3.97. The van der Waals surface area contributed by atoms with Crippen LogP contribution in [0.5, 0.6) is 5.75 Å². The maximum atomic E-state index is 10.9. The van der Waals surface area contributed by atoms with E-state index >= 15 is 0 Å². The first-order valence-corrected chi connectivity index (χ1v) is 7.41. The number of phenolic OH excluding ortho intramolecular Hbond substituents is 1. The van der Waals surface area contributed by atoms with Crippen LogP contribution in [0.15, 0.2) is 66.7 Å². The van der Waals surface area contributed by atoms with Crippen LogP contribution in [0.2, 0.25) is 0 Å². The summed E-state index contributed by atoms with van der Waals surface area (Å²) in [5.74, 6) is 0.0914. The van der Waals surface area contributed by atoms with Crippen LogP contribution < -0.4 is 5.73 Å². The lowest BCUT2D eigenvalue weighted by Gasteiger charge is -2.16. The molecule has 0 unspecified atom stereocenters. The molecular weight excluding hydrogens is 284 g/mol. The summed E-state index contributed by atoms with van der Waals surface area (Å²) in [5, 5.41) is 18.7. The Morgan fingerprint density at radius 1 is 0.870 bits per heavy atom. The molecule has 0 fully saturated rings. The van der Waals surface area contributed by atoms with Crippen molar-refractivity contribution in [1.82, 2.24) is 0 Å². The van der Waals surface area contributed by atoms with Crippen molar-refractivity contribution < 1.29 is 5.11 Å². The third-order valence-electron chi connectivity index (χ3n) is 3.97. The Morgan fingerprint density at radius 3 is 2.17 bits per heavy atom. The number of hydrogen-bond acceptors (Lipinski definition) is 2. The van der Waals surface area contributed by atoms with Crippen LogP contribution in [-0.2, 0) is 0 Å². The largest absolute Gasteiger partial charge is 0.507 e. The Kier molecular flexibility index (Phi) is 3.85. The van der Waals surface area contributed by atoms with Gasteiger partial charge in [0.05, 0.1) is 0 Å². The summed E-state index contributed by atoms with van der Waals surface area (Å²) >= 11 is 0. The summed E-state index contributed by atoms with van der Waals surface area (Å²) in [7, 11) is 0. The van der Waals surface area contributed by atoms with Gasteiger partial charge in [0.2, 0.25) is 0 Å². The Morgan fingerprint density at radius 2 is 1.52 bits per heavy atom. The van der Waals surface area contributed by atoms with E-state index in [2.05, 4.69) is 0 Å². The predicted octanol–water partition coefficient (Wildman–Crippen LogP) is 4.32. The molecule has 0 heterocycles. The second-order valence-electron chi connectivity index (χ2n) is 5.48. The van der Waals surface area contributed by atoms with Crippen LogP contribution in [0.1, 0.15) is 11.1 Å². The molecule has 0 saturated carbocycles. The lowest BCUT2D eigenvalue weighted by Crippen LogP contribution is -2.12. The molecule has 0 aromatic heterocycles. The number of phenols is 1. The van der Waals surface area contributed by atoms with Gasteiger partial charge in [0.25, 0.3) is 0 Å². The molecule has 3 aromatic carbocycles. The fourth-order valence-electron chi connectivity index (χ4n) is 2.81. The normalized spacial score (nSPS) is 10.5. The number of nitrogens with two attached hydrogens (primary N) is 1. The van der Waals surface area contributed by atoms with Gasteiger partial charge in [0.1, 0.15) is 11.6 Å². The Hall–Kier alpha value is -3.07. The van der Waals surface area contributed by atoms with Crippen molar-refractivity contribution >= 4 is 5.84 Å². The van der Waals surface area contributed by atoms with E-state index in [0.29, 0.717) is 11.1 Å². The average Bonchev–Trinajstić information content (AvgIpc) is 2.56. The standard InChI is InChI=1S/C20H18N2O/c1-13-7-5-6-10-15(13)16-11-12-17(20(21)22)18(19(16)23)14-8-3-2-4-9-14/h2-12,23H,1H3,(H3,21,22). The summed E-state index contributed by atoms with van der Waals surface area (Å²) in [6.45, 7) is 2.01. The van der Waals surface area contributed by atoms with Gasteiger partial charge in [-0.1, -0.05) is 54.6 Å². The molecule has 0 spiro atoms. The van der Waals surface area contributed by atoms with E-state index < -0.39 is 0 Å². The van der Waals surface area contributed by atoms with Crippen LogP contribution in [0.3, 0.4) is 0 Å². The molecular formula is C20H18N2O. The average molecular weight is 302 g/mol. The van der Waals surface area contributed by atoms with E-state index in [9.17, 15) is 5.11 Å². The number of benzene rings is 3. The number of amidine groups is 1. The minimum Gasteiger partial charge on any atom is -0.507 e. The molecule has 23 heavy (non-hydrogen) atoms. The summed E-state index contributed by atoms with van der Waals surface area (Å²) in [4.78, 5) is 0. The number of rotatable bonds is 3. The van der Waals surface area contributed by atoms with Crippen molar-refractivity contribution in [1.29, 1.82) is 5.41 Å². The molecule has 3 rings (SSSR count). The van der Waals surface area contributed by atoms with Gasteiger partial charge in [0, 0.05) is 16.7 Å². The zero-order valence-corrected chi connectivity index (χ0v) is 12.9. The number of aromatic hydroxyl groups is 1. The van der Waals surface area contributed by atoms with Crippen molar-refractivity contribution in [2.75, 3.05) is 0 Å². The van der Waals surface area contributed by atoms with Gasteiger partial charge < -0.3 is 10.8 Å². The van der Waals surface area contributed by atoms with E-state index in [4.69, 9.17) is 11.1 Å². The van der Waals surface area contributed by atoms with Crippen LogP contribution in [-0.4, -0.2) is 10.9 Å². The van der Waals surface area contributed by atoms with Crippen LogP contribution in [0, 0.1) is 12.3 Å². The van der Waals surface area contributed by atoms with Gasteiger partial charge in [-0.25, -0.2) is 0 Å². The Balaban J connectivity index is 2.31. The van der Waals surface area contributed by atoms with Gasteiger partial charge in [-0.2, -0.15) is 0 Å². The topological polar surface area (TPSA) is 70.1 Å². The molecule has 3 nitrogen and oxygen atoms in total. The molecule has 4 N–H and O–H groups in total. The van der Waals surface area contributed by atoms with Crippen molar-refractivity contribution in [3.8, 4) is 28.0 Å². The maximum Gasteiger partial charge on any atom is 0.131 e. The van der Waals surface area contributed by atoms with Gasteiger partial charge in [-0.15, -0.1) is 0 Å². The third kappa shape index (κ3) is 2.69. The van der Waals surface area contributed by atoms with Gasteiger partial charge in [0.15, 0.2) is 0 Å². The minimum atomic E-state index is -0.0597. The Labute approximate surface area is 135 Å². The molecule has 0 bridgehead atoms. The number of nitrogen functional groups attached to an aromatic ring is 1. The van der Waals surface area contributed by atoms with E-state index in [1.807, 2.05) is 67.6 Å².